The number of hydrogen-bond donors (Lipinski definition) is 1. The van der Waals surface area contributed by atoms with E-state index in [2.05, 4.69) is 0 Å². The summed E-state index contributed by atoms with van der Waals surface area (Å²) in [5, 5.41) is 10.3. The summed E-state index contributed by atoms with van der Waals surface area (Å²) in [7, 11) is 0. The molecule has 3 aliphatic rings. The largest absolute Gasteiger partial charge is 0.459 e. The predicted molar refractivity (Wildman–Crippen MR) is 78.8 cm³/mol. The van der Waals surface area contributed by atoms with Crippen LogP contribution in [0.25, 0.3) is 0 Å². The van der Waals surface area contributed by atoms with Crippen molar-refractivity contribution in [2.75, 3.05) is 0 Å². The molecule has 0 bridgehead atoms. The van der Waals surface area contributed by atoms with Gasteiger partial charge < -0.3 is 14.6 Å². The zero-order valence-corrected chi connectivity index (χ0v) is 13.6. The van der Waals surface area contributed by atoms with Crippen LogP contribution >= 0.6 is 0 Å². The highest BCUT2D eigenvalue weighted by Gasteiger charge is 2.56. The summed E-state index contributed by atoms with van der Waals surface area (Å²) >= 11 is 0. The van der Waals surface area contributed by atoms with Gasteiger partial charge in [-0.25, -0.2) is 0 Å². The number of rotatable bonds is 1. The molecule has 3 rings (SSSR count). The van der Waals surface area contributed by atoms with Crippen LogP contribution in [0.5, 0.6) is 0 Å². The normalized spacial score (nSPS) is 44.2. The molecular weight excluding hydrogens is 284 g/mol. The van der Waals surface area contributed by atoms with Gasteiger partial charge in [-0.3, -0.25) is 9.59 Å². The Morgan fingerprint density at radius 1 is 1.45 bits per heavy atom. The van der Waals surface area contributed by atoms with Crippen LogP contribution in [0.1, 0.15) is 47.0 Å². The SMILES string of the molecule is CC(=O)O[C@]1(C)CC[C@H]2[C@H](C)C(=O)O[C@@H]2C2=C(C)[C@@H](O)CC21. The third-order valence-electron chi connectivity index (χ3n) is 5.83. The first kappa shape index (κ1) is 15.5. The van der Waals surface area contributed by atoms with E-state index in [1.54, 1.807) is 0 Å². The summed E-state index contributed by atoms with van der Waals surface area (Å²) in [6.07, 6.45) is 1.17. The van der Waals surface area contributed by atoms with Gasteiger partial charge in [0.25, 0.3) is 0 Å². The van der Waals surface area contributed by atoms with E-state index in [0.29, 0.717) is 12.8 Å². The van der Waals surface area contributed by atoms with Gasteiger partial charge in [0.1, 0.15) is 11.7 Å². The summed E-state index contributed by atoms with van der Waals surface area (Å²) in [4.78, 5) is 23.5. The smallest absolute Gasteiger partial charge is 0.309 e. The fourth-order valence-corrected chi connectivity index (χ4v) is 4.53. The van der Waals surface area contributed by atoms with Gasteiger partial charge >= 0.3 is 11.9 Å². The summed E-state index contributed by atoms with van der Waals surface area (Å²) < 4.78 is 11.3. The molecule has 22 heavy (non-hydrogen) atoms. The first-order valence-electron chi connectivity index (χ1n) is 8.03. The lowest BCUT2D eigenvalue weighted by Crippen LogP contribution is -2.40. The maximum absolute atomic E-state index is 12.0. The average Bonchev–Trinajstić information content (AvgIpc) is 2.82. The van der Waals surface area contributed by atoms with E-state index in [1.807, 2.05) is 20.8 Å². The van der Waals surface area contributed by atoms with Crippen LogP contribution in [0.2, 0.25) is 0 Å². The highest BCUT2D eigenvalue weighted by molar-refractivity contribution is 5.75. The zero-order chi connectivity index (χ0) is 16.2. The molecular formula is C17H24O5. The topological polar surface area (TPSA) is 72.8 Å². The van der Waals surface area contributed by atoms with Crippen LogP contribution in [0.3, 0.4) is 0 Å². The van der Waals surface area contributed by atoms with E-state index in [-0.39, 0.29) is 35.8 Å². The first-order chi connectivity index (χ1) is 10.2. The molecule has 0 amide bonds. The molecule has 2 fully saturated rings. The van der Waals surface area contributed by atoms with Crippen LogP contribution in [0, 0.1) is 17.8 Å². The van der Waals surface area contributed by atoms with E-state index in [4.69, 9.17) is 9.47 Å². The van der Waals surface area contributed by atoms with Crippen molar-refractivity contribution in [2.45, 2.75) is 64.8 Å². The Bertz CT molecular complexity index is 551. The Morgan fingerprint density at radius 2 is 2.14 bits per heavy atom. The van der Waals surface area contributed by atoms with E-state index < -0.39 is 11.7 Å². The lowest BCUT2D eigenvalue weighted by molar-refractivity contribution is -0.161. The van der Waals surface area contributed by atoms with Crippen LogP contribution in [-0.4, -0.2) is 34.9 Å². The summed E-state index contributed by atoms with van der Waals surface area (Å²) in [6, 6.07) is 0. The van der Waals surface area contributed by atoms with Gasteiger partial charge in [0.15, 0.2) is 0 Å². The Kier molecular flexibility index (Phi) is 3.59. The Labute approximate surface area is 130 Å². The molecule has 1 unspecified atom stereocenters. The van der Waals surface area contributed by atoms with E-state index in [9.17, 15) is 14.7 Å². The van der Waals surface area contributed by atoms with Gasteiger partial charge in [0, 0.05) is 18.8 Å². The second kappa shape index (κ2) is 5.08. The molecule has 1 aliphatic heterocycles. The minimum absolute atomic E-state index is 0.0838. The van der Waals surface area contributed by atoms with E-state index >= 15 is 0 Å². The van der Waals surface area contributed by atoms with Crippen LogP contribution in [-0.2, 0) is 19.1 Å². The molecule has 122 valence electrons. The third kappa shape index (κ3) is 2.18. The molecule has 5 nitrogen and oxygen atoms in total. The molecule has 0 aromatic carbocycles. The summed E-state index contributed by atoms with van der Waals surface area (Å²) in [6.45, 7) is 7.16. The van der Waals surface area contributed by atoms with Crippen molar-refractivity contribution in [1.29, 1.82) is 0 Å². The van der Waals surface area contributed by atoms with Gasteiger partial charge in [0.05, 0.1) is 12.0 Å². The lowest BCUT2D eigenvalue weighted by Gasteiger charge is -2.35. The number of esters is 2. The first-order valence-corrected chi connectivity index (χ1v) is 8.03. The fourth-order valence-electron chi connectivity index (χ4n) is 4.53. The number of carbonyl (C=O) groups is 2. The average molecular weight is 308 g/mol. The van der Waals surface area contributed by atoms with Gasteiger partial charge in [-0.15, -0.1) is 0 Å². The van der Waals surface area contributed by atoms with Crippen molar-refractivity contribution in [1.82, 2.24) is 0 Å². The molecule has 0 aromatic rings. The zero-order valence-electron chi connectivity index (χ0n) is 13.6. The van der Waals surface area contributed by atoms with Crippen LogP contribution < -0.4 is 0 Å². The van der Waals surface area contributed by atoms with Gasteiger partial charge in [0.2, 0.25) is 0 Å². The number of aliphatic hydroxyl groups excluding tert-OH is 1. The number of aliphatic hydroxyl groups is 1. The highest BCUT2D eigenvalue weighted by Crippen LogP contribution is 2.53. The van der Waals surface area contributed by atoms with E-state index in [0.717, 1.165) is 17.6 Å². The molecule has 0 spiro atoms. The Morgan fingerprint density at radius 3 is 2.77 bits per heavy atom. The Hall–Kier alpha value is -1.36. The molecule has 6 atom stereocenters. The molecule has 0 aromatic heterocycles. The Balaban J connectivity index is 2.05. The number of carbonyl (C=O) groups excluding carboxylic acids is 2. The quantitative estimate of drug-likeness (QED) is 0.592. The second-order valence-corrected chi connectivity index (χ2v) is 7.20. The second-order valence-electron chi connectivity index (χ2n) is 7.20. The fraction of sp³-hybridized carbons (Fsp3) is 0.765. The monoisotopic (exact) mass is 308 g/mol. The maximum Gasteiger partial charge on any atom is 0.309 e. The van der Waals surface area contributed by atoms with Crippen LogP contribution in [0.4, 0.5) is 0 Å². The van der Waals surface area contributed by atoms with Crippen molar-refractivity contribution < 1.29 is 24.2 Å². The van der Waals surface area contributed by atoms with Crippen molar-refractivity contribution in [3.8, 4) is 0 Å². The van der Waals surface area contributed by atoms with Crippen molar-refractivity contribution in [2.24, 2.45) is 17.8 Å². The van der Waals surface area contributed by atoms with Crippen LogP contribution in [0.15, 0.2) is 11.1 Å². The van der Waals surface area contributed by atoms with Crippen molar-refractivity contribution in [3.63, 3.8) is 0 Å². The number of ether oxygens (including phenoxy) is 2. The third-order valence-corrected chi connectivity index (χ3v) is 5.83. The van der Waals surface area contributed by atoms with Crippen molar-refractivity contribution >= 4 is 11.9 Å². The molecule has 1 saturated carbocycles. The standard InChI is InChI=1S/C17H24O5/c1-8-11-5-6-17(4,22-10(3)18)12-7-13(19)9(2)14(12)15(11)21-16(8)20/h8,11-13,15,19H,5-7H2,1-4H3/t8-,11-,12?,13-,15-,17+/m0/s1. The highest BCUT2D eigenvalue weighted by atomic mass is 16.6. The molecule has 1 N–H and O–H groups in total. The molecule has 0 radical (unpaired) electrons. The lowest BCUT2D eigenvalue weighted by atomic mass is 9.81. The molecule has 2 aliphatic carbocycles. The van der Waals surface area contributed by atoms with Gasteiger partial charge in [-0.2, -0.15) is 0 Å². The molecule has 1 saturated heterocycles. The minimum Gasteiger partial charge on any atom is -0.459 e. The molecule has 1 heterocycles. The van der Waals surface area contributed by atoms with Gasteiger partial charge in [-0.1, -0.05) is 6.92 Å². The van der Waals surface area contributed by atoms with Gasteiger partial charge in [-0.05, 0) is 44.3 Å². The maximum atomic E-state index is 12.0. The summed E-state index contributed by atoms with van der Waals surface area (Å²) in [5.74, 6) is -0.602. The minimum atomic E-state index is -0.642. The van der Waals surface area contributed by atoms with E-state index in [1.165, 1.54) is 6.92 Å². The predicted octanol–water partition coefficient (Wildman–Crippen LogP) is 1.98. The number of hydrogen-bond acceptors (Lipinski definition) is 5. The number of fused-ring (bicyclic) bond motifs is 3. The summed E-state index contributed by atoms with van der Waals surface area (Å²) in [5.41, 5.74) is 1.22. The van der Waals surface area contributed by atoms with Crippen molar-refractivity contribution in [3.05, 3.63) is 11.1 Å². The molecule has 5 heteroatoms.